The zero-order chi connectivity index (χ0) is 11.7. The van der Waals surface area contributed by atoms with E-state index in [1.165, 1.54) is 4.52 Å². The van der Waals surface area contributed by atoms with E-state index >= 15 is 0 Å². The first-order valence-electron chi connectivity index (χ1n) is 5.58. The molecule has 0 atom stereocenters. The summed E-state index contributed by atoms with van der Waals surface area (Å²) in [6, 6.07) is 0. The Labute approximate surface area is 93.5 Å². The molecular weight excluding hydrogens is 204 g/mol. The van der Waals surface area contributed by atoms with Gasteiger partial charge < -0.3 is 0 Å². The Hall–Kier alpha value is -1.65. The largest absolute Gasteiger partial charge is 0.277 e. The summed E-state index contributed by atoms with van der Waals surface area (Å²) in [5.74, 6) is 1.16. The van der Waals surface area contributed by atoms with E-state index in [2.05, 4.69) is 22.0 Å². The number of nitrogens with zero attached hydrogens (tertiary/aromatic N) is 3. The third-order valence-corrected chi connectivity index (χ3v) is 2.69. The molecule has 0 aliphatic heterocycles. The first-order chi connectivity index (χ1) is 7.63. The van der Waals surface area contributed by atoms with Crippen LogP contribution >= 0.6 is 0 Å². The van der Waals surface area contributed by atoms with Gasteiger partial charge in [-0.25, -0.2) is 4.98 Å². The van der Waals surface area contributed by atoms with Gasteiger partial charge in [-0.3, -0.25) is 9.89 Å². The van der Waals surface area contributed by atoms with Crippen molar-refractivity contribution < 1.29 is 0 Å². The molecule has 1 N–H and O–H groups in total. The standard InChI is InChI=1S/C11H16N4O/c1-4-5-6-9-7(2)12-11-13-8(3)14-15(11)10(9)16/h4-6H2,1-3H3,(H,12,13,14). The second-order valence-corrected chi connectivity index (χ2v) is 4.03. The van der Waals surface area contributed by atoms with Crippen LogP contribution in [0.1, 0.15) is 36.8 Å². The topological polar surface area (TPSA) is 63.1 Å². The van der Waals surface area contributed by atoms with Crippen LogP contribution in [0, 0.1) is 13.8 Å². The number of hydrogen-bond acceptors (Lipinski definition) is 3. The minimum Gasteiger partial charge on any atom is -0.275 e. The molecule has 0 saturated heterocycles. The minimum atomic E-state index is -0.0171. The van der Waals surface area contributed by atoms with Crippen LogP contribution < -0.4 is 5.56 Å². The van der Waals surface area contributed by atoms with E-state index in [9.17, 15) is 4.79 Å². The highest BCUT2D eigenvalue weighted by molar-refractivity contribution is 5.31. The highest BCUT2D eigenvalue weighted by atomic mass is 16.1. The molecule has 5 nitrogen and oxygen atoms in total. The van der Waals surface area contributed by atoms with Crippen LogP contribution in [-0.2, 0) is 6.42 Å². The Morgan fingerprint density at radius 2 is 2.06 bits per heavy atom. The molecule has 16 heavy (non-hydrogen) atoms. The molecule has 0 radical (unpaired) electrons. The van der Waals surface area contributed by atoms with E-state index in [1.807, 2.05) is 13.8 Å². The van der Waals surface area contributed by atoms with Gasteiger partial charge in [0.15, 0.2) is 0 Å². The average Bonchev–Trinajstić information content (AvgIpc) is 2.59. The number of fused-ring (bicyclic) bond motifs is 1. The Morgan fingerprint density at radius 3 is 2.75 bits per heavy atom. The van der Waals surface area contributed by atoms with Crippen molar-refractivity contribution in [3.05, 3.63) is 27.4 Å². The van der Waals surface area contributed by atoms with Crippen molar-refractivity contribution in [2.24, 2.45) is 0 Å². The summed E-state index contributed by atoms with van der Waals surface area (Å²) in [6.07, 6.45) is 2.87. The number of H-pyrrole nitrogens is 1. The lowest BCUT2D eigenvalue weighted by molar-refractivity contribution is 0.757. The molecular formula is C11H16N4O. The Morgan fingerprint density at radius 1 is 1.31 bits per heavy atom. The molecule has 86 valence electrons. The molecule has 2 rings (SSSR count). The normalized spacial score (nSPS) is 11.2. The lowest BCUT2D eigenvalue weighted by Crippen LogP contribution is -2.22. The van der Waals surface area contributed by atoms with Gasteiger partial charge in [0.2, 0.25) is 0 Å². The Balaban J connectivity index is 2.60. The molecule has 0 saturated carbocycles. The predicted octanol–water partition coefficient (Wildman–Crippen LogP) is 1.38. The summed E-state index contributed by atoms with van der Waals surface area (Å²) in [5, 5.41) is 2.90. The van der Waals surface area contributed by atoms with Crippen molar-refractivity contribution in [2.75, 3.05) is 0 Å². The van der Waals surface area contributed by atoms with E-state index in [0.29, 0.717) is 11.6 Å². The van der Waals surface area contributed by atoms with Crippen molar-refractivity contribution in [1.82, 2.24) is 19.6 Å². The van der Waals surface area contributed by atoms with E-state index in [1.54, 1.807) is 0 Å². The van der Waals surface area contributed by atoms with Gasteiger partial charge in [-0.15, -0.1) is 0 Å². The predicted molar refractivity (Wildman–Crippen MR) is 61.7 cm³/mol. The van der Waals surface area contributed by atoms with Gasteiger partial charge >= 0.3 is 0 Å². The summed E-state index contributed by atoms with van der Waals surface area (Å²) in [6.45, 7) is 5.80. The van der Waals surface area contributed by atoms with Gasteiger partial charge in [-0.05, 0) is 26.7 Å². The highest BCUT2D eigenvalue weighted by Gasteiger charge is 2.11. The zero-order valence-electron chi connectivity index (χ0n) is 9.87. The summed E-state index contributed by atoms with van der Waals surface area (Å²) >= 11 is 0. The lowest BCUT2D eigenvalue weighted by Gasteiger charge is -2.03. The Kier molecular flexibility index (Phi) is 2.77. The molecule has 0 bridgehead atoms. The molecule has 0 aliphatic carbocycles. The average molecular weight is 220 g/mol. The molecule has 2 aromatic rings. The minimum absolute atomic E-state index is 0.0171. The van der Waals surface area contributed by atoms with Crippen molar-refractivity contribution in [3.63, 3.8) is 0 Å². The van der Waals surface area contributed by atoms with Gasteiger partial charge in [0.1, 0.15) is 5.82 Å². The maximum absolute atomic E-state index is 12.1. The molecule has 2 heterocycles. The summed E-state index contributed by atoms with van der Waals surface area (Å²) in [5.41, 5.74) is 1.57. The number of unbranched alkanes of at least 4 members (excludes halogenated alkanes) is 1. The van der Waals surface area contributed by atoms with Crippen LogP contribution in [-0.4, -0.2) is 19.6 Å². The number of rotatable bonds is 3. The van der Waals surface area contributed by atoms with Crippen LogP contribution in [0.25, 0.3) is 5.78 Å². The van der Waals surface area contributed by atoms with E-state index < -0.39 is 0 Å². The summed E-state index contributed by atoms with van der Waals surface area (Å²) in [7, 11) is 0. The first kappa shape index (κ1) is 10.9. The van der Waals surface area contributed by atoms with Gasteiger partial charge in [-0.1, -0.05) is 13.3 Å². The van der Waals surface area contributed by atoms with Crippen LogP contribution in [0.2, 0.25) is 0 Å². The van der Waals surface area contributed by atoms with Gasteiger partial charge in [0.25, 0.3) is 11.3 Å². The van der Waals surface area contributed by atoms with Crippen LogP contribution in [0.5, 0.6) is 0 Å². The van der Waals surface area contributed by atoms with Crippen molar-refractivity contribution in [1.29, 1.82) is 0 Å². The second-order valence-electron chi connectivity index (χ2n) is 4.03. The SMILES string of the molecule is CCCCc1c(C)nc2nc(C)[nH]n2c1=O. The molecule has 0 unspecified atom stereocenters. The lowest BCUT2D eigenvalue weighted by atomic mass is 10.1. The fraction of sp³-hybridized carbons (Fsp3) is 0.545. The first-order valence-corrected chi connectivity index (χ1v) is 5.58. The van der Waals surface area contributed by atoms with Crippen LogP contribution in [0.4, 0.5) is 0 Å². The monoisotopic (exact) mass is 220 g/mol. The maximum atomic E-state index is 12.1. The van der Waals surface area contributed by atoms with Crippen molar-refractivity contribution >= 4 is 5.78 Å². The zero-order valence-corrected chi connectivity index (χ0v) is 9.87. The van der Waals surface area contributed by atoms with Crippen LogP contribution in [0.15, 0.2) is 4.79 Å². The third-order valence-electron chi connectivity index (χ3n) is 2.69. The quantitative estimate of drug-likeness (QED) is 0.849. The highest BCUT2D eigenvalue weighted by Crippen LogP contribution is 2.05. The molecule has 0 fully saturated rings. The number of nitrogens with one attached hydrogen (secondary N) is 1. The van der Waals surface area contributed by atoms with Crippen molar-refractivity contribution in [3.8, 4) is 0 Å². The van der Waals surface area contributed by atoms with E-state index in [-0.39, 0.29) is 5.56 Å². The second kappa shape index (κ2) is 4.08. The molecule has 0 aliphatic rings. The number of aryl methyl sites for hydroxylation is 2. The number of aromatic amines is 1. The molecule has 0 amide bonds. The molecule has 0 aromatic carbocycles. The fourth-order valence-corrected chi connectivity index (χ4v) is 1.80. The molecule has 5 heteroatoms. The fourth-order valence-electron chi connectivity index (χ4n) is 1.80. The number of aromatic nitrogens is 4. The smallest absolute Gasteiger partial charge is 0.275 e. The molecule has 0 spiro atoms. The third kappa shape index (κ3) is 1.73. The maximum Gasteiger partial charge on any atom is 0.277 e. The van der Waals surface area contributed by atoms with Gasteiger partial charge in [-0.2, -0.15) is 9.50 Å². The Bertz CT molecular complexity index is 567. The van der Waals surface area contributed by atoms with Gasteiger partial charge in [0, 0.05) is 5.56 Å². The van der Waals surface area contributed by atoms with Crippen LogP contribution in [0.3, 0.4) is 0 Å². The van der Waals surface area contributed by atoms with E-state index in [0.717, 1.165) is 30.5 Å². The molecule has 2 aromatic heterocycles. The summed E-state index contributed by atoms with van der Waals surface area (Å²) < 4.78 is 1.42. The van der Waals surface area contributed by atoms with Crippen molar-refractivity contribution in [2.45, 2.75) is 40.0 Å². The summed E-state index contributed by atoms with van der Waals surface area (Å²) in [4.78, 5) is 20.6. The van der Waals surface area contributed by atoms with Gasteiger partial charge in [0.05, 0.1) is 5.69 Å². The van der Waals surface area contributed by atoms with E-state index in [4.69, 9.17) is 0 Å². The number of hydrogen-bond donors (Lipinski definition) is 1.